The van der Waals surface area contributed by atoms with Crippen molar-refractivity contribution in [2.45, 2.75) is 83.6 Å². The van der Waals surface area contributed by atoms with Gasteiger partial charge in [0, 0.05) is 23.7 Å². The lowest BCUT2D eigenvalue weighted by Crippen LogP contribution is -2.46. The van der Waals surface area contributed by atoms with Crippen LogP contribution >= 0.6 is 0 Å². The molecular formula is C20H29NO. The molecule has 1 N–H and O–H groups in total. The van der Waals surface area contributed by atoms with Crippen LogP contribution in [0.2, 0.25) is 0 Å². The number of fused-ring (bicyclic) bond motifs is 1. The molecule has 0 aromatic carbocycles. The van der Waals surface area contributed by atoms with Crippen LogP contribution in [0.5, 0.6) is 0 Å². The lowest BCUT2D eigenvalue weighted by atomic mass is 9.71. The minimum atomic E-state index is 0.410. The van der Waals surface area contributed by atoms with Crippen LogP contribution in [0.15, 0.2) is 22.4 Å². The molecular weight excluding hydrogens is 270 g/mol. The van der Waals surface area contributed by atoms with Crippen LogP contribution in [0, 0.1) is 11.8 Å². The Morgan fingerprint density at radius 2 is 1.77 bits per heavy atom. The summed E-state index contributed by atoms with van der Waals surface area (Å²) in [5.74, 6) is 1.92. The van der Waals surface area contributed by atoms with Crippen LogP contribution in [-0.4, -0.2) is 11.8 Å². The van der Waals surface area contributed by atoms with Crippen LogP contribution in [-0.2, 0) is 4.79 Å². The fourth-order valence-electron chi connectivity index (χ4n) is 5.39. The highest BCUT2D eigenvalue weighted by atomic mass is 16.1. The van der Waals surface area contributed by atoms with E-state index in [1.165, 1.54) is 62.6 Å². The molecule has 1 aliphatic heterocycles. The van der Waals surface area contributed by atoms with Crippen molar-refractivity contribution in [1.29, 1.82) is 0 Å². The number of hydrogen-bond acceptors (Lipinski definition) is 2. The maximum Gasteiger partial charge on any atom is 0.166 e. The maximum absolute atomic E-state index is 12.9. The van der Waals surface area contributed by atoms with E-state index in [2.05, 4.69) is 12.2 Å². The van der Waals surface area contributed by atoms with Gasteiger partial charge in [-0.15, -0.1) is 0 Å². The molecule has 0 aromatic heterocycles. The maximum atomic E-state index is 12.9. The van der Waals surface area contributed by atoms with E-state index in [9.17, 15) is 4.79 Å². The van der Waals surface area contributed by atoms with Gasteiger partial charge in [-0.25, -0.2) is 0 Å². The molecule has 22 heavy (non-hydrogen) atoms. The Hall–Kier alpha value is -1.05. The van der Waals surface area contributed by atoms with Gasteiger partial charge in [-0.2, -0.15) is 0 Å². The van der Waals surface area contributed by atoms with Crippen molar-refractivity contribution in [3.05, 3.63) is 22.4 Å². The minimum absolute atomic E-state index is 0.410. The first-order chi connectivity index (χ1) is 10.7. The third kappa shape index (κ3) is 2.45. The van der Waals surface area contributed by atoms with Gasteiger partial charge in [0.15, 0.2) is 5.78 Å². The van der Waals surface area contributed by atoms with E-state index in [-0.39, 0.29) is 0 Å². The lowest BCUT2D eigenvalue weighted by molar-refractivity contribution is -0.117. The second kappa shape index (κ2) is 5.86. The summed E-state index contributed by atoms with van der Waals surface area (Å²) in [5, 5.41) is 3.84. The highest BCUT2D eigenvalue weighted by Gasteiger charge is 2.38. The fraction of sp³-hybridized carbons (Fsp3) is 0.750. The van der Waals surface area contributed by atoms with Crippen LogP contribution < -0.4 is 5.32 Å². The molecule has 0 radical (unpaired) electrons. The van der Waals surface area contributed by atoms with Gasteiger partial charge in [-0.05, 0) is 62.4 Å². The van der Waals surface area contributed by atoms with E-state index in [0.717, 1.165) is 30.8 Å². The van der Waals surface area contributed by atoms with Gasteiger partial charge in [0.1, 0.15) is 0 Å². The average molecular weight is 299 g/mol. The topological polar surface area (TPSA) is 29.1 Å². The summed E-state index contributed by atoms with van der Waals surface area (Å²) in [5.41, 5.74) is 5.48. The molecule has 0 aromatic rings. The quantitative estimate of drug-likeness (QED) is 0.763. The lowest BCUT2D eigenvalue weighted by Gasteiger charge is -2.41. The van der Waals surface area contributed by atoms with Gasteiger partial charge in [0.05, 0.1) is 0 Å². The first kappa shape index (κ1) is 14.5. The Kier molecular flexibility index (Phi) is 3.88. The monoisotopic (exact) mass is 299 g/mol. The number of carbonyl (C=O) groups is 1. The van der Waals surface area contributed by atoms with E-state index in [1.807, 2.05) is 0 Å². The van der Waals surface area contributed by atoms with Crippen LogP contribution in [0.25, 0.3) is 0 Å². The summed E-state index contributed by atoms with van der Waals surface area (Å²) < 4.78 is 0. The second-order valence-electron chi connectivity index (χ2n) is 7.95. The number of ketones is 1. The van der Waals surface area contributed by atoms with Crippen molar-refractivity contribution >= 4 is 5.78 Å². The van der Waals surface area contributed by atoms with Gasteiger partial charge >= 0.3 is 0 Å². The van der Waals surface area contributed by atoms with E-state index < -0.39 is 0 Å². The normalized spacial score (nSPS) is 35.9. The highest BCUT2D eigenvalue weighted by Crippen LogP contribution is 2.43. The molecule has 2 heteroatoms. The Morgan fingerprint density at radius 1 is 0.955 bits per heavy atom. The first-order valence-electron chi connectivity index (χ1n) is 9.48. The summed E-state index contributed by atoms with van der Waals surface area (Å²) in [6, 6.07) is 0.410. The van der Waals surface area contributed by atoms with E-state index in [1.54, 1.807) is 5.57 Å². The number of nitrogens with one attached hydrogen (secondary N) is 1. The molecule has 0 spiro atoms. The molecule has 3 atom stereocenters. The minimum Gasteiger partial charge on any atom is -0.384 e. The Balaban J connectivity index is 1.60. The largest absolute Gasteiger partial charge is 0.384 e. The van der Waals surface area contributed by atoms with Crippen LogP contribution in [0.4, 0.5) is 0 Å². The summed E-state index contributed by atoms with van der Waals surface area (Å²) in [7, 11) is 0. The smallest absolute Gasteiger partial charge is 0.166 e. The molecule has 0 bridgehead atoms. The second-order valence-corrected chi connectivity index (χ2v) is 7.95. The van der Waals surface area contributed by atoms with E-state index in [4.69, 9.17) is 0 Å². The molecule has 4 aliphatic rings. The van der Waals surface area contributed by atoms with Crippen molar-refractivity contribution in [3.8, 4) is 0 Å². The Bertz CT molecular complexity index is 542. The summed E-state index contributed by atoms with van der Waals surface area (Å²) in [6.07, 6.45) is 13.4. The zero-order chi connectivity index (χ0) is 15.1. The molecule has 1 saturated carbocycles. The number of Topliss-reactive ketones (excluding diaryl/α,β-unsaturated/α-hetero) is 1. The van der Waals surface area contributed by atoms with Gasteiger partial charge in [0.2, 0.25) is 0 Å². The predicted molar refractivity (Wildman–Crippen MR) is 89.4 cm³/mol. The van der Waals surface area contributed by atoms with Gasteiger partial charge in [-0.3, -0.25) is 4.79 Å². The third-order valence-electron chi connectivity index (χ3n) is 6.60. The first-order valence-corrected chi connectivity index (χ1v) is 9.48. The van der Waals surface area contributed by atoms with Gasteiger partial charge < -0.3 is 5.32 Å². The third-order valence-corrected chi connectivity index (χ3v) is 6.60. The highest BCUT2D eigenvalue weighted by molar-refractivity contribution is 6.02. The van der Waals surface area contributed by atoms with Crippen molar-refractivity contribution in [3.63, 3.8) is 0 Å². The van der Waals surface area contributed by atoms with E-state index >= 15 is 0 Å². The number of carbonyl (C=O) groups excluding carboxylic acids is 1. The van der Waals surface area contributed by atoms with Crippen molar-refractivity contribution in [2.75, 3.05) is 0 Å². The van der Waals surface area contributed by atoms with Crippen LogP contribution in [0.3, 0.4) is 0 Å². The molecule has 0 saturated heterocycles. The molecule has 1 fully saturated rings. The van der Waals surface area contributed by atoms with Gasteiger partial charge in [-0.1, -0.05) is 31.8 Å². The standard InChI is InChI=1S/C20H29NO/c1-13-6-2-4-8-15(13)18-12-19(22)20-16-9-5-3-7-14(16)10-11-17(20)21-18/h13,15,18,21H,2-12H2,1H3. The Labute approximate surface area is 134 Å². The van der Waals surface area contributed by atoms with Gasteiger partial charge in [0.25, 0.3) is 0 Å². The molecule has 3 unspecified atom stereocenters. The molecule has 120 valence electrons. The fourth-order valence-corrected chi connectivity index (χ4v) is 5.39. The van der Waals surface area contributed by atoms with Crippen LogP contribution in [0.1, 0.15) is 77.6 Å². The molecule has 0 amide bonds. The molecule has 4 rings (SSSR count). The summed E-state index contributed by atoms with van der Waals surface area (Å²) in [4.78, 5) is 12.9. The van der Waals surface area contributed by atoms with E-state index in [0.29, 0.717) is 17.7 Å². The zero-order valence-electron chi connectivity index (χ0n) is 13.9. The number of allylic oxidation sites excluding steroid dienone is 4. The number of rotatable bonds is 1. The predicted octanol–water partition coefficient (Wildman–Crippen LogP) is 4.66. The van der Waals surface area contributed by atoms with Crippen molar-refractivity contribution in [1.82, 2.24) is 5.32 Å². The zero-order valence-corrected chi connectivity index (χ0v) is 13.9. The molecule has 3 aliphatic carbocycles. The number of hydrogen-bond donors (Lipinski definition) is 1. The van der Waals surface area contributed by atoms with Crippen molar-refractivity contribution in [2.24, 2.45) is 11.8 Å². The molecule has 1 heterocycles. The SMILES string of the molecule is CC1CCCCC1C1CC(=O)C2=C(CCC3=C2CCCC3)N1. The summed E-state index contributed by atoms with van der Waals surface area (Å²) in [6.45, 7) is 2.39. The Morgan fingerprint density at radius 3 is 2.64 bits per heavy atom. The average Bonchev–Trinajstić information content (AvgIpc) is 2.54. The molecule has 2 nitrogen and oxygen atoms in total. The van der Waals surface area contributed by atoms with Crippen molar-refractivity contribution < 1.29 is 4.79 Å². The summed E-state index contributed by atoms with van der Waals surface area (Å²) >= 11 is 0.